The number of hydrogen-bond donors (Lipinski definition) is 4. The van der Waals surface area contributed by atoms with Gasteiger partial charge in [-0.2, -0.15) is 0 Å². The topological polar surface area (TPSA) is 81.6 Å². The molecule has 1 fully saturated rings. The van der Waals surface area contributed by atoms with Crippen LogP contribution in [0, 0.1) is 5.92 Å². The quantitative estimate of drug-likeness (QED) is 0.131. The molecule has 0 saturated heterocycles. The number of aromatic hydroxyl groups is 1. The van der Waals surface area contributed by atoms with Crippen molar-refractivity contribution in [2.24, 2.45) is 5.92 Å². The Morgan fingerprint density at radius 1 is 0.976 bits per heavy atom. The van der Waals surface area contributed by atoms with Crippen molar-refractivity contribution < 1.29 is 15.0 Å². The van der Waals surface area contributed by atoms with Crippen molar-refractivity contribution in [2.75, 3.05) is 11.9 Å². The molecule has 3 aromatic rings. The van der Waals surface area contributed by atoms with E-state index in [2.05, 4.69) is 73.5 Å². The molecule has 0 spiro atoms. The molecule has 1 aliphatic carbocycles. The second kappa shape index (κ2) is 15.4. The lowest BCUT2D eigenvalue weighted by Gasteiger charge is -2.28. The van der Waals surface area contributed by atoms with Crippen LogP contribution in [0.2, 0.25) is 0 Å². The second-order valence-electron chi connectivity index (χ2n) is 11.5. The van der Waals surface area contributed by atoms with Gasteiger partial charge in [-0.15, -0.1) is 0 Å². The highest BCUT2D eigenvalue weighted by molar-refractivity contribution is 5.85. The van der Waals surface area contributed by atoms with E-state index in [-0.39, 0.29) is 30.1 Å². The molecule has 42 heavy (non-hydrogen) atoms. The molecule has 3 aromatic carbocycles. The summed E-state index contributed by atoms with van der Waals surface area (Å²) in [5, 5.41) is 26.7. The number of hydrogen-bond acceptors (Lipinski definition) is 4. The molecule has 1 saturated carbocycles. The Morgan fingerprint density at radius 3 is 2.36 bits per heavy atom. The Balaban J connectivity index is 1.52. The fourth-order valence-corrected chi connectivity index (χ4v) is 6.10. The number of aliphatic hydroxyl groups is 1. The first-order valence-electron chi connectivity index (χ1n) is 15.4. The molecule has 1 aliphatic rings. The third-order valence-electron chi connectivity index (χ3n) is 8.49. The number of rotatable bonds is 12. The molecule has 0 bridgehead atoms. The van der Waals surface area contributed by atoms with Crippen LogP contribution in [0.4, 0.5) is 5.69 Å². The molecule has 2 atom stereocenters. The number of para-hydroxylation sites is 1. The Hall–Kier alpha value is -3.83. The van der Waals surface area contributed by atoms with Gasteiger partial charge >= 0.3 is 0 Å². The van der Waals surface area contributed by atoms with Gasteiger partial charge in [0.25, 0.3) is 0 Å². The minimum atomic E-state index is -0.577. The van der Waals surface area contributed by atoms with Crippen LogP contribution in [0.5, 0.6) is 5.75 Å². The summed E-state index contributed by atoms with van der Waals surface area (Å²) in [5.74, 6) is -0.00605. The molecule has 2 unspecified atom stereocenters. The van der Waals surface area contributed by atoms with Crippen molar-refractivity contribution in [2.45, 2.75) is 77.3 Å². The molecule has 5 heteroatoms. The summed E-state index contributed by atoms with van der Waals surface area (Å²) in [4.78, 5) is 13.9. The van der Waals surface area contributed by atoms with Crippen LogP contribution in [0.3, 0.4) is 0 Å². The van der Waals surface area contributed by atoms with Gasteiger partial charge in [0.1, 0.15) is 5.75 Å². The van der Waals surface area contributed by atoms with Gasteiger partial charge in [0.2, 0.25) is 5.91 Å². The molecule has 0 radical (unpaired) electrons. The zero-order chi connectivity index (χ0) is 29.9. The SMILES string of the molecule is C=C(/C(C)=C\CC)c1ccccc1NCc1ccc(C(C(=O)NC(CO)c2cccc(O)c2)C2CCCCCC2)cc1. The van der Waals surface area contributed by atoms with Crippen LogP contribution in [-0.4, -0.2) is 22.7 Å². The molecular weight excluding hydrogens is 520 g/mol. The number of carbonyl (C=O) groups excluding carboxylic acids is 1. The lowest BCUT2D eigenvalue weighted by Crippen LogP contribution is -2.37. The first-order valence-corrected chi connectivity index (χ1v) is 15.4. The molecule has 4 N–H and O–H groups in total. The maximum Gasteiger partial charge on any atom is 0.228 e. The van der Waals surface area contributed by atoms with Gasteiger partial charge in [0.05, 0.1) is 18.6 Å². The van der Waals surface area contributed by atoms with Gasteiger partial charge in [-0.3, -0.25) is 4.79 Å². The third-order valence-corrected chi connectivity index (χ3v) is 8.49. The number of phenols is 1. The summed E-state index contributed by atoms with van der Waals surface area (Å²) in [6.45, 7) is 8.99. The number of phenolic OH excluding ortho intramolecular Hbond substituents is 1. The van der Waals surface area contributed by atoms with E-state index in [0.717, 1.165) is 60.1 Å². The van der Waals surface area contributed by atoms with E-state index >= 15 is 0 Å². The van der Waals surface area contributed by atoms with Crippen molar-refractivity contribution in [3.63, 3.8) is 0 Å². The van der Waals surface area contributed by atoms with E-state index in [4.69, 9.17) is 0 Å². The fourth-order valence-electron chi connectivity index (χ4n) is 6.10. The number of amides is 1. The van der Waals surface area contributed by atoms with Gasteiger partial charge in [0.15, 0.2) is 0 Å². The van der Waals surface area contributed by atoms with E-state index in [9.17, 15) is 15.0 Å². The molecule has 0 aromatic heterocycles. The van der Waals surface area contributed by atoms with Crippen molar-refractivity contribution >= 4 is 17.2 Å². The van der Waals surface area contributed by atoms with E-state index in [1.807, 2.05) is 18.2 Å². The Bertz CT molecular complexity index is 1350. The van der Waals surface area contributed by atoms with Gasteiger partial charge in [-0.05, 0) is 78.1 Å². The van der Waals surface area contributed by atoms with Crippen LogP contribution in [0.25, 0.3) is 5.57 Å². The minimum Gasteiger partial charge on any atom is -0.508 e. The van der Waals surface area contributed by atoms with Crippen LogP contribution >= 0.6 is 0 Å². The van der Waals surface area contributed by atoms with E-state index in [1.54, 1.807) is 18.2 Å². The number of carbonyl (C=O) groups is 1. The maximum absolute atomic E-state index is 13.9. The molecule has 4 rings (SSSR count). The van der Waals surface area contributed by atoms with Gasteiger partial charge in [0, 0.05) is 17.8 Å². The minimum absolute atomic E-state index is 0.0712. The van der Waals surface area contributed by atoms with E-state index in [0.29, 0.717) is 12.1 Å². The summed E-state index contributed by atoms with van der Waals surface area (Å²) in [7, 11) is 0. The molecule has 0 heterocycles. The van der Waals surface area contributed by atoms with Gasteiger partial charge in [-0.25, -0.2) is 0 Å². The summed E-state index contributed by atoms with van der Waals surface area (Å²) in [5.41, 5.74) is 7.19. The van der Waals surface area contributed by atoms with Crippen LogP contribution in [0.15, 0.2) is 91.0 Å². The monoisotopic (exact) mass is 566 g/mol. The number of aliphatic hydroxyl groups excluding tert-OH is 1. The number of allylic oxidation sites excluding steroid dienone is 3. The lowest BCUT2D eigenvalue weighted by atomic mass is 9.80. The average molecular weight is 567 g/mol. The van der Waals surface area contributed by atoms with Crippen LogP contribution < -0.4 is 10.6 Å². The highest BCUT2D eigenvalue weighted by atomic mass is 16.3. The van der Waals surface area contributed by atoms with Gasteiger partial charge < -0.3 is 20.8 Å². The Kier molecular flexibility index (Phi) is 11.4. The summed E-state index contributed by atoms with van der Waals surface area (Å²) >= 11 is 0. The normalized spacial score (nSPS) is 15.8. The molecule has 5 nitrogen and oxygen atoms in total. The first kappa shape index (κ1) is 31.1. The van der Waals surface area contributed by atoms with E-state index in [1.165, 1.54) is 18.4 Å². The molecule has 222 valence electrons. The Morgan fingerprint density at radius 2 is 1.69 bits per heavy atom. The zero-order valence-electron chi connectivity index (χ0n) is 25.1. The number of nitrogens with one attached hydrogen (secondary N) is 2. The summed E-state index contributed by atoms with van der Waals surface area (Å²) in [6.07, 6.45) is 9.88. The zero-order valence-corrected chi connectivity index (χ0v) is 25.1. The summed E-state index contributed by atoms with van der Waals surface area (Å²) < 4.78 is 0. The highest BCUT2D eigenvalue weighted by Gasteiger charge is 2.31. The molecule has 1 amide bonds. The Labute approximate surface area is 251 Å². The van der Waals surface area contributed by atoms with E-state index < -0.39 is 6.04 Å². The standard InChI is InChI=1S/C37H46N2O3/c1-4-12-26(2)27(3)33-17-9-10-18-34(33)38-24-28-19-21-30(22-20-28)36(29-13-7-5-6-8-14-29)37(42)39-35(25-40)31-15-11-16-32(41)23-31/h9-12,15-23,29,35-36,38,40-41H,3-8,13-14,24-25H2,1-2H3,(H,39,42)/b26-12-. The fraction of sp³-hybridized carbons (Fsp3) is 0.378. The van der Waals surface area contributed by atoms with Crippen LogP contribution in [-0.2, 0) is 11.3 Å². The largest absolute Gasteiger partial charge is 0.508 e. The highest BCUT2D eigenvalue weighted by Crippen LogP contribution is 2.36. The van der Waals surface area contributed by atoms with Crippen molar-refractivity contribution in [1.82, 2.24) is 5.32 Å². The predicted octanol–water partition coefficient (Wildman–Crippen LogP) is 8.28. The third kappa shape index (κ3) is 8.13. The molecule has 0 aliphatic heterocycles. The first-order chi connectivity index (χ1) is 20.4. The van der Waals surface area contributed by atoms with Crippen molar-refractivity contribution in [1.29, 1.82) is 0 Å². The second-order valence-corrected chi connectivity index (χ2v) is 11.5. The van der Waals surface area contributed by atoms with Gasteiger partial charge in [-0.1, -0.05) is 99.9 Å². The predicted molar refractivity (Wildman–Crippen MR) is 173 cm³/mol. The summed E-state index contributed by atoms with van der Waals surface area (Å²) in [6, 6.07) is 22.8. The van der Waals surface area contributed by atoms with Crippen molar-refractivity contribution in [3.05, 3.63) is 113 Å². The number of anilines is 1. The number of benzene rings is 3. The maximum atomic E-state index is 13.9. The van der Waals surface area contributed by atoms with Crippen molar-refractivity contribution in [3.8, 4) is 5.75 Å². The van der Waals surface area contributed by atoms with Crippen LogP contribution in [0.1, 0.15) is 93.0 Å². The average Bonchev–Trinajstić information content (AvgIpc) is 3.29. The molecular formula is C37H46N2O3. The smallest absolute Gasteiger partial charge is 0.228 e. The lowest BCUT2D eigenvalue weighted by molar-refractivity contribution is -0.125.